The third-order valence-electron chi connectivity index (χ3n) is 6.16. The molecular formula is C24H29N3O5S. The number of aryl methyl sites for hydroxylation is 2. The van der Waals surface area contributed by atoms with E-state index in [1.165, 1.54) is 10.4 Å². The number of benzene rings is 2. The van der Waals surface area contributed by atoms with Crippen LogP contribution in [-0.4, -0.2) is 50.8 Å². The first-order valence-electron chi connectivity index (χ1n) is 11.2. The van der Waals surface area contributed by atoms with Gasteiger partial charge < -0.3 is 15.0 Å². The molecule has 0 spiro atoms. The molecule has 1 atom stereocenters. The molecule has 2 aromatic carbocycles. The zero-order chi connectivity index (χ0) is 23.8. The van der Waals surface area contributed by atoms with Crippen LogP contribution in [0, 0.1) is 19.8 Å². The maximum atomic E-state index is 13.5. The first-order chi connectivity index (χ1) is 15.7. The van der Waals surface area contributed by atoms with Crippen LogP contribution < -0.4 is 15.0 Å². The lowest BCUT2D eigenvalue weighted by atomic mass is 9.97. The van der Waals surface area contributed by atoms with Gasteiger partial charge in [0.05, 0.1) is 16.5 Å². The van der Waals surface area contributed by atoms with E-state index in [2.05, 4.69) is 5.32 Å². The first kappa shape index (κ1) is 23.3. The largest absolute Gasteiger partial charge is 0.482 e. The number of carbonyl (C=O) groups excluding carboxylic acids is 2. The molecule has 0 radical (unpaired) electrons. The molecule has 0 bridgehead atoms. The number of piperidine rings is 1. The minimum Gasteiger partial charge on any atom is -0.482 e. The monoisotopic (exact) mass is 471 g/mol. The lowest BCUT2D eigenvalue weighted by molar-refractivity contribution is -0.123. The SMILES string of the molecule is CCN(C(=O)[C@@H]1CCCN(S(=O)(=O)c2cc3c(cc2C)NC(=O)CO3)C1)c1cccc(C)c1. The third kappa shape index (κ3) is 4.60. The van der Waals surface area contributed by atoms with Gasteiger partial charge in [0.25, 0.3) is 5.91 Å². The van der Waals surface area contributed by atoms with Crippen LogP contribution in [0.2, 0.25) is 0 Å². The summed E-state index contributed by atoms with van der Waals surface area (Å²) in [7, 11) is -3.84. The van der Waals surface area contributed by atoms with Crippen molar-refractivity contribution in [2.45, 2.75) is 38.5 Å². The number of nitrogens with zero attached hydrogens (tertiary/aromatic N) is 2. The molecule has 0 unspecified atom stereocenters. The Hall–Kier alpha value is -2.91. The predicted molar refractivity (Wildman–Crippen MR) is 126 cm³/mol. The van der Waals surface area contributed by atoms with Gasteiger partial charge in [-0.25, -0.2) is 8.42 Å². The molecule has 0 aliphatic carbocycles. The summed E-state index contributed by atoms with van der Waals surface area (Å²) in [5.74, 6) is -0.414. The molecule has 1 saturated heterocycles. The van der Waals surface area contributed by atoms with Crippen molar-refractivity contribution >= 4 is 33.2 Å². The van der Waals surface area contributed by atoms with Gasteiger partial charge in [-0.15, -0.1) is 0 Å². The number of rotatable bonds is 5. The second-order valence-corrected chi connectivity index (χ2v) is 10.5. The summed E-state index contributed by atoms with van der Waals surface area (Å²) < 4.78 is 33.9. The fraction of sp³-hybridized carbons (Fsp3) is 0.417. The minimum absolute atomic E-state index is 0.0591. The number of ether oxygens (including phenoxy) is 1. The van der Waals surface area contributed by atoms with Crippen LogP contribution in [0.25, 0.3) is 0 Å². The molecule has 9 heteroatoms. The van der Waals surface area contributed by atoms with Gasteiger partial charge in [-0.1, -0.05) is 12.1 Å². The van der Waals surface area contributed by atoms with E-state index in [4.69, 9.17) is 4.74 Å². The maximum Gasteiger partial charge on any atom is 0.262 e. The number of amides is 2. The van der Waals surface area contributed by atoms with Crippen molar-refractivity contribution in [2.75, 3.05) is 36.5 Å². The first-order valence-corrected chi connectivity index (χ1v) is 12.6. The lowest BCUT2D eigenvalue weighted by Gasteiger charge is -2.34. The summed E-state index contributed by atoms with van der Waals surface area (Å²) in [6.07, 6.45) is 1.25. The number of anilines is 2. The van der Waals surface area contributed by atoms with Crippen molar-refractivity contribution in [2.24, 2.45) is 5.92 Å². The van der Waals surface area contributed by atoms with Gasteiger partial charge in [-0.2, -0.15) is 4.31 Å². The Bertz CT molecular complexity index is 1190. The zero-order valence-electron chi connectivity index (χ0n) is 19.1. The van der Waals surface area contributed by atoms with Crippen molar-refractivity contribution in [1.82, 2.24) is 4.31 Å². The van der Waals surface area contributed by atoms with Gasteiger partial charge in [0, 0.05) is 31.4 Å². The van der Waals surface area contributed by atoms with Gasteiger partial charge in [0.15, 0.2) is 6.61 Å². The zero-order valence-corrected chi connectivity index (χ0v) is 19.9. The fourth-order valence-electron chi connectivity index (χ4n) is 4.48. The Kier molecular flexibility index (Phi) is 6.45. The van der Waals surface area contributed by atoms with Crippen molar-refractivity contribution in [1.29, 1.82) is 0 Å². The molecule has 33 heavy (non-hydrogen) atoms. The second-order valence-electron chi connectivity index (χ2n) is 8.57. The molecule has 8 nitrogen and oxygen atoms in total. The van der Waals surface area contributed by atoms with Crippen molar-refractivity contribution in [3.8, 4) is 5.75 Å². The van der Waals surface area contributed by atoms with Gasteiger partial charge in [0.2, 0.25) is 15.9 Å². The Labute approximate surface area is 194 Å². The molecule has 0 saturated carbocycles. The topological polar surface area (TPSA) is 96.0 Å². The van der Waals surface area contributed by atoms with Crippen LogP contribution in [0.4, 0.5) is 11.4 Å². The highest BCUT2D eigenvalue weighted by Gasteiger charge is 2.36. The Morgan fingerprint density at radius 3 is 2.76 bits per heavy atom. The van der Waals surface area contributed by atoms with E-state index in [0.29, 0.717) is 42.9 Å². The molecule has 4 rings (SSSR count). The molecule has 2 amide bonds. The molecule has 2 aliphatic heterocycles. The smallest absolute Gasteiger partial charge is 0.262 e. The van der Waals surface area contributed by atoms with Gasteiger partial charge in [-0.3, -0.25) is 9.59 Å². The predicted octanol–water partition coefficient (Wildman–Crippen LogP) is 3.09. The minimum atomic E-state index is -3.84. The average molecular weight is 472 g/mol. The third-order valence-corrected chi connectivity index (χ3v) is 8.16. The normalized spacial score (nSPS) is 18.8. The van der Waals surface area contributed by atoms with Crippen LogP contribution in [0.3, 0.4) is 0 Å². The molecule has 2 aromatic rings. The average Bonchev–Trinajstić information content (AvgIpc) is 2.79. The van der Waals surface area contributed by atoms with Crippen molar-refractivity contribution in [3.63, 3.8) is 0 Å². The summed E-state index contributed by atoms with van der Waals surface area (Å²) in [5.41, 5.74) is 2.87. The summed E-state index contributed by atoms with van der Waals surface area (Å²) in [6.45, 7) is 6.45. The number of hydrogen-bond donors (Lipinski definition) is 1. The molecule has 1 fully saturated rings. The Balaban J connectivity index is 1.58. The van der Waals surface area contributed by atoms with Crippen molar-refractivity contribution < 1.29 is 22.7 Å². The van der Waals surface area contributed by atoms with E-state index in [9.17, 15) is 18.0 Å². The van der Waals surface area contributed by atoms with Crippen LogP contribution in [0.5, 0.6) is 5.75 Å². The number of nitrogens with one attached hydrogen (secondary N) is 1. The molecule has 2 aliphatic rings. The molecule has 176 valence electrons. The number of carbonyl (C=O) groups is 2. The molecule has 2 heterocycles. The van der Waals surface area contributed by atoms with E-state index in [1.54, 1.807) is 17.9 Å². The standard InChI is InChI=1S/C24H29N3O5S/c1-4-27(19-9-5-7-16(2)11-19)24(29)18-8-6-10-26(14-18)33(30,31)22-13-21-20(12-17(22)3)25-23(28)15-32-21/h5,7,9,11-13,18H,4,6,8,10,14-15H2,1-3H3,(H,25,28)/t18-/m1/s1. The summed E-state index contributed by atoms with van der Waals surface area (Å²) in [6, 6.07) is 10.8. The summed E-state index contributed by atoms with van der Waals surface area (Å²) >= 11 is 0. The maximum absolute atomic E-state index is 13.5. The van der Waals surface area contributed by atoms with Crippen LogP contribution in [-0.2, 0) is 19.6 Å². The Morgan fingerprint density at radius 2 is 2.03 bits per heavy atom. The quantitative estimate of drug-likeness (QED) is 0.723. The summed E-state index contributed by atoms with van der Waals surface area (Å²) in [4.78, 5) is 26.8. The van der Waals surface area contributed by atoms with Crippen LogP contribution in [0.1, 0.15) is 30.9 Å². The second kappa shape index (κ2) is 9.15. The highest BCUT2D eigenvalue weighted by atomic mass is 32.2. The van der Waals surface area contributed by atoms with Gasteiger partial charge in [-0.05, 0) is 62.9 Å². The number of hydrogen-bond acceptors (Lipinski definition) is 5. The Morgan fingerprint density at radius 1 is 1.24 bits per heavy atom. The van der Waals surface area contributed by atoms with Gasteiger partial charge in [0.1, 0.15) is 5.75 Å². The van der Waals surface area contributed by atoms with E-state index >= 15 is 0 Å². The van der Waals surface area contributed by atoms with E-state index < -0.39 is 15.9 Å². The van der Waals surface area contributed by atoms with E-state index in [1.807, 2.05) is 38.1 Å². The van der Waals surface area contributed by atoms with Gasteiger partial charge >= 0.3 is 0 Å². The lowest BCUT2D eigenvalue weighted by Crippen LogP contribution is -2.47. The van der Waals surface area contributed by atoms with Crippen LogP contribution >= 0.6 is 0 Å². The van der Waals surface area contributed by atoms with Crippen LogP contribution in [0.15, 0.2) is 41.3 Å². The highest BCUT2D eigenvalue weighted by molar-refractivity contribution is 7.89. The summed E-state index contributed by atoms with van der Waals surface area (Å²) in [5, 5.41) is 2.70. The van der Waals surface area contributed by atoms with E-state index in [-0.39, 0.29) is 29.9 Å². The number of sulfonamides is 1. The molecule has 1 N–H and O–H groups in total. The molecule has 0 aromatic heterocycles. The number of fused-ring (bicyclic) bond motifs is 1. The van der Waals surface area contributed by atoms with Crippen molar-refractivity contribution in [3.05, 3.63) is 47.5 Å². The molecular weight excluding hydrogens is 442 g/mol. The van der Waals surface area contributed by atoms with E-state index in [0.717, 1.165) is 11.3 Å². The fourth-order valence-corrected chi connectivity index (χ4v) is 6.22. The highest BCUT2D eigenvalue weighted by Crippen LogP contribution is 2.35.